The number of carbonyl (C=O) groups is 4. The van der Waals surface area contributed by atoms with E-state index in [2.05, 4.69) is 41.5 Å². The Balaban J connectivity index is 5.11. The van der Waals surface area contributed by atoms with Crippen LogP contribution in [0, 0.1) is 11.8 Å². The molecule has 0 aromatic rings. The molecule has 516 valence electrons. The van der Waals surface area contributed by atoms with Crippen LogP contribution in [0.3, 0.4) is 0 Å². The van der Waals surface area contributed by atoms with E-state index in [9.17, 15) is 43.2 Å². The number of aliphatic hydroxyl groups is 1. The van der Waals surface area contributed by atoms with Gasteiger partial charge in [-0.15, -0.1) is 0 Å². The highest BCUT2D eigenvalue weighted by atomic mass is 31.2. The molecule has 0 fully saturated rings. The zero-order valence-electron chi connectivity index (χ0n) is 56.3. The molecule has 0 aliphatic heterocycles. The average molecular weight is 1280 g/mol. The molecule has 0 saturated heterocycles. The van der Waals surface area contributed by atoms with Gasteiger partial charge in [-0.1, -0.05) is 292 Å². The fourth-order valence-corrected chi connectivity index (χ4v) is 11.8. The van der Waals surface area contributed by atoms with E-state index in [0.717, 1.165) is 121 Å². The third-order valence-corrected chi connectivity index (χ3v) is 18.0. The van der Waals surface area contributed by atoms with E-state index in [1.54, 1.807) is 0 Å². The van der Waals surface area contributed by atoms with Crippen LogP contribution >= 0.6 is 15.6 Å². The van der Waals surface area contributed by atoms with Crippen molar-refractivity contribution in [2.45, 2.75) is 362 Å². The number of phosphoric acid groups is 2. The fourth-order valence-electron chi connectivity index (χ4n) is 10.2. The van der Waals surface area contributed by atoms with E-state index in [4.69, 9.17) is 37.0 Å². The monoisotopic (exact) mass is 1280 g/mol. The van der Waals surface area contributed by atoms with Crippen LogP contribution in [0.1, 0.15) is 343 Å². The molecule has 0 aromatic carbocycles. The van der Waals surface area contributed by atoms with E-state index in [-0.39, 0.29) is 25.7 Å². The standard InChI is InChI=1S/C68H132O17P2/c1-7-10-12-14-16-31-38-44-50-65(70)78-56-63(84-67(72)52-46-40-32-17-15-13-11-8-2)58-82-86(74,75)80-54-62(69)55-81-87(76,77)83-59-64(57-79-66(71)51-45-39-35-34-37-43-49-61(6)9-3)85-68(73)53-47-41-33-29-27-25-23-21-19-18-20-22-24-26-28-30-36-42-48-60(4)5/h60-64,69H,7-59H2,1-6H3,(H,74,75)(H,76,77)/t61?,62-,63+,64+/m0/s1. The van der Waals surface area contributed by atoms with Crippen molar-refractivity contribution in [3.63, 3.8) is 0 Å². The Morgan fingerprint density at radius 1 is 0.333 bits per heavy atom. The van der Waals surface area contributed by atoms with Crippen molar-refractivity contribution < 1.29 is 80.2 Å². The highest BCUT2D eigenvalue weighted by Gasteiger charge is 2.30. The van der Waals surface area contributed by atoms with Crippen molar-refractivity contribution in [3.05, 3.63) is 0 Å². The van der Waals surface area contributed by atoms with E-state index < -0.39 is 97.5 Å². The lowest BCUT2D eigenvalue weighted by molar-refractivity contribution is -0.161. The third-order valence-electron chi connectivity index (χ3n) is 16.1. The molecule has 3 unspecified atom stereocenters. The molecule has 0 aliphatic rings. The van der Waals surface area contributed by atoms with Crippen LogP contribution in [0.2, 0.25) is 0 Å². The van der Waals surface area contributed by atoms with Gasteiger partial charge < -0.3 is 33.8 Å². The van der Waals surface area contributed by atoms with Crippen LogP contribution in [-0.4, -0.2) is 96.7 Å². The summed E-state index contributed by atoms with van der Waals surface area (Å²) in [5.41, 5.74) is 0. The van der Waals surface area contributed by atoms with Crippen molar-refractivity contribution in [3.8, 4) is 0 Å². The zero-order chi connectivity index (χ0) is 64.3. The first-order valence-electron chi connectivity index (χ1n) is 35.5. The largest absolute Gasteiger partial charge is 0.472 e. The van der Waals surface area contributed by atoms with Crippen molar-refractivity contribution in [2.75, 3.05) is 39.6 Å². The van der Waals surface area contributed by atoms with Crippen molar-refractivity contribution >= 4 is 39.5 Å². The average Bonchev–Trinajstić information content (AvgIpc) is 3.71. The normalized spacial score (nSPS) is 14.5. The number of phosphoric ester groups is 2. The number of hydrogen-bond donors (Lipinski definition) is 3. The summed E-state index contributed by atoms with van der Waals surface area (Å²) in [6.45, 7) is 9.47. The summed E-state index contributed by atoms with van der Waals surface area (Å²) in [5, 5.41) is 10.5. The van der Waals surface area contributed by atoms with Crippen LogP contribution < -0.4 is 0 Å². The molecule has 0 bridgehead atoms. The quantitative estimate of drug-likeness (QED) is 0.0222. The molecule has 3 N–H and O–H groups in total. The SMILES string of the molecule is CCCCCCCCCCC(=O)OC[C@H](COP(=O)(O)OC[C@H](O)COP(=O)(O)OC[C@@H](COC(=O)CCCCCCCCC(C)CC)OC(=O)CCCCCCCCCCCCCCCCCCCCC(C)C)OC(=O)CCCCCCCCCC. The summed E-state index contributed by atoms with van der Waals surface area (Å²) in [4.78, 5) is 72.2. The molecule has 0 spiro atoms. The lowest BCUT2D eigenvalue weighted by Gasteiger charge is -2.21. The lowest BCUT2D eigenvalue weighted by Crippen LogP contribution is -2.30. The van der Waals surface area contributed by atoms with Gasteiger partial charge in [-0.05, 0) is 37.5 Å². The Kier molecular flexibility index (Phi) is 59.0. The number of ether oxygens (including phenoxy) is 4. The molecule has 0 heterocycles. The second kappa shape index (κ2) is 60.3. The smallest absolute Gasteiger partial charge is 0.462 e. The Hall–Kier alpha value is -1.94. The van der Waals surface area contributed by atoms with Gasteiger partial charge in [-0.2, -0.15) is 0 Å². The van der Waals surface area contributed by atoms with Gasteiger partial charge in [0.05, 0.1) is 26.4 Å². The van der Waals surface area contributed by atoms with Gasteiger partial charge in [0, 0.05) is 25.7 Å². The third kappa shape index (κ3) is 61.3. The molecule has 87 heavy (non-hydrogen) atoms. The molecule has 0 amide bonds. The van der Waals surface area contributed by atoms with Gasteiger partial charge >= 0.3 is 39.5 Å². The van der Waals surface area contributed by atoms with Crippen molar-refractivity contribution in [1.29, 1.82) is 0 Å². The number of carbonyl (C=O) groups excluding carboxylic acids is 4. The van der Waals surface area contributed by atoms with Crippen LogP contribution in [-0.2, 0) is 65.4 Å². The Labute approximate surface area is 530 Å². The lowest BCUT2D eigenvalue weighted by atomic mass is 10.00. The predicted octanol–water partition coefficient (Wildman–Crippen LogP) is 19.2. The van der Waals surface area contributed by atoms with Crippen LogP contribution in [0.25, 0.3) is 0 Å². The first-order valence-corrected chi connectivity index (χ1v) is 38.5. The fraction of sp³-hybridized carbons (Fsp3) is 0.941. The van der Waals surface area contributed by atoms with E-state index >= 15 is 0 Å². The van der Waals surface area contributed by atoms with E-state index in [1.165, 1.54) is 141 Å². The van der Waals surface area contributed by atoms with E-state index in [0.29, 0.717) is 25.7 Å². The second-order valence-electron chi connectivity index (χ2n) is 25.3. The van der Waals surface area contributed by atoms with E-state index in [1.807, 2.05) is 0 Å². The topological polar surface area (TPSA) is 237 Å². The van der Waals surface area contributed by atoms with Gasteiger partial charge in [0.25, 0.3) is 0 Å². The molecular formula is C68H132O17P2. The summed E-state index contributed by atoms with van der Waals surface area (Å²) in [6.07, 6.45) is 44.7. The van der Waals surface area contributed by atoms with Crippen LogP contribution in [0.5, 0.6) is 0 Å². The maximum Gasteiger partial charge on any atom is 0.472 e. The van der Waals surface area contributed by atoms with Gasteiger partial charge in [-0.25, -0.2) is 9.13 Å². The molecular weight excluding hydrogens is 1150 g/mol. The van der Waals surface area contributed by atoms with Gasteiger partial charge in [-0.3, -0.25) is 37.3 Å². The molecule has 17 nitrogen and oxygen atoms in total. The minimum Gasteiger partial charge on any atom is -0.462 e. The zero-order valence-corrected chi connectivity index (χ0v) is 58.1. The molecule has 0 aliphatic carbocycles. The molecule has 6 atom stereocenters. The van der Waals surface area contributed by atoms with Gasteiger partial charge in [0.1, 0.15) is 19.3 Å². The summed E-state index contributed by atoms with van der Waals surface area (Å²) in [7, 11) is -9.89. The number of rotatable bonds is 67. The highest BCUT2D eigenvalue weighted by molar-refractivity contribution is 7.47. The Bertz CT molecular complexity index is 1700. The molecule has 0 saturated carbocycles. The Morgan fingerprint density at radius 3 is 0.874 bits per heavy atom. The molecule has 19 heteroatoms. The summed E-state index contributed by atoms with van der Waals surface area (Å²) in [6, 6.07) is 0. The molecule has 0 rings (SSSR count). The van der Waals surface area contributed by atoms with Crippen molar-refractivity contribution in [2.24, 2.45) is 11.8 Å². The summed E-state index contributed by atoms with van der Waals surface area (Å²) in [5.74, 6) is -0.584. The number of aliphatic hydroxyl groups excluding tert-OH is 1. The van der Waals surface area contributed by atoms with Crippen LogP contribution in [0.15, 0.2) is 0 Å². The number of esters is 4. The highest BCUT2D eigenvalue weighted by Crippen LogP contribution is 2.45. The molecule has 0 radical (unpaired) electrons. The van der Waals surface area contributed by atoms with Gasteiger partial charge in [0.2, 0.25) is 0 Å². The number of unbranched alkanes of at least 4 members (excludes halogenated alkanes) is 36. The first-order chi connectivity index (χ1) is 41.9. The Morgan fingerprint density at radius 2 is 0.586 bits per heavy atom. The van der Waals surface area contributed by atoms with Gasteiger partial charge in [0.15, 0.2) is 12.2 Å². The maximum absolute atomic E-state index is 13.0. The minimum absolute atomic E-state index is 0.105. The number of hydrogen-bond acceptors (Lipinski definition) is 15. The van der Waals surface area contributed by atoms with Crippen molar-refractivity contribution in [1.82, 2.24) is 0 Å². The van der Waals surface area contributed by atoms with Crippen LogP contribution in [0.4, 0.5) is 0 Å². The minimum atomic E-state index is -4.95. The predicted molar refractivity (Wildman–Crippen MR) is 349 cm³/mol. The summed E-state index contributed by atoms with van der Waals surface area (Å²) >= 11 is 0. The first kappa shape index (κ1) is 85.1. The molecule has 0 aromatic heterocycles. The maximum atomic E-state index is 13.0. The summed E-state index contributed by atoms with van der Waals surface area (Å²) < 4.78 is 68.0. The second-order valence-corrected chi connectivity index (χ2v) is 28.2.